The van der Waals surface area contributed by atoms with Crippen molar-refractivity contribution in [2.24, 2.45) is 17.8 Å². The predicted molar refractivity (Wildman–Crippen MR) is 68.8 cm³/mol. The second kappa shape index (κ2) is 4.49. The molecular weight excluding hydrogens is 237 g/mol. The Morgan fingerprint density at radius 2 is 2.18 bits per heavy atom. The molecule has 2 saturated carbocycles. The molecule has 0 aromatic heterocycles. The number of anilines is 1. The van der Waals surface area contributed by atoms with Gasteiger partial charge in [-0.2, -0.15) is 0 Å². The Labute approximate surface area is 106 Å². The predicted octanol–water partition coefficient (Wildman–Crippen LogP) is 4.33. The molecule has 3 unspecified atom stereocenters. The molecule has 92 valence electrons. The highest BCUT2D eigenvalue weighted by Gasteiger charge is 2.39. The number of nitrogens with one attached hydrogen (secondary N) is 1. The zero-order valence-corrected chi connectivity index (χ0v) is 10.5. The van der Waals surface area contributed by atoms with Gasteiger partial charge in [0.1, 0.15) is 5.82 Å². The van der Waals surface area contributed by atoms with E-state index in [4.69, 9.17) is 11.6 Å². The molecule has 0 aliphatic heterocycles. The molecule has 3 rings (SSSR count). The van der Waals surface area contributed by atoms with E-state index >= 15 is 0 Å². The fraction of sp³-hybridized carbons (Fsp3) is 0.571. The second-order valence-electron chi connectivity index (χ2n) is 5.44. The monoisotopic (exact) mass is 253 g/mol. The van der Waals surface area contributed by atoms with Crippen LogP contribution in [0.25, 0.3) is 0 Å². The van der Waals surface area contributed by atoms with Crippen molar-refractivity contribution in [3.8, 4) is 0 Å². The van der Waals surface area contributed by atoms with Crippen LogP contribution in [0.2, 0.25) is 5.02 Å². The smallest absolute Gasteiger partial charge is 0.147 e. The van der Waals surface area contributed by atoms with Crippen LogP contribution in [0.5, 0.6) is 0 Å². The van der Waals surface area contributed by atoms with E-state index in [1.165, 1.54) is 31.7 Å². The lowest BCUT2D eigenvalue weighted by molar-refractivity contribution is 0.348. The van der Waals surface area contributed by atoms with Gasteiger partial charge in [-0.05, 0) is 55.2 Å². The quantitative estimate of drug-likeness (QED) is 0.846. The van der Waals surface area contributed by atoms with E-state index in [1.54, 1.807) is 12.1 Å². The van der Waals surface area contributed by atoms with Gasteiger partial charge < -0.3 is 5.32 Å². The summed E-state index contributed by atoms with van der Waals surface area (Å²) < 4.78 is 13.6. The molecule has 17 heavy (non-hydrogen) atoms. The minimum Gasteiger partial charge on any atom is -0.382 e. The number of fused-ring (bicyclic) bond motifs is 2. The average Bonchev–Trinajstić information content (AvgIpc) is 2.89. The molecule has 3 atom stereocenters. The fourth-order valence-corrected chi connectivity index (χ4v) is 3.66. The first kappa shape index (κ1) is 11.3. The van der Waals surface area contributed by atoms with Crippen LogP contribution in [-0.4, -0.2) is 6.54 Å². The van der Waals surface area contributed by atoms with Crippen LogP contribution in [-0.2, 0) is 0 Å². The lowest BCUT2D eigenvalue weighted by Crippen LogP contribution is -2.20. The highest BCUT2D eigenvalue weighted by molar-refractivity contribution is 6.30. The van der Waals surface area contributed by atoms with E-state index in [0.29, 0.717) is 10.7 Å². The third-order valence-corrected chi connectivity index (χ3v) is 4.61. The Hall–Kier alpha value is -0.760. The lowest BCUT2D eigenvalue weighted by atomic mass is 9.89. The summed E-state index contributed by atoms with van der Waals surface area (Å²) in [5, 5.41) is 3.69. The van der Waals surface area contributed by atoms with E-state index in [0.717, 1.165) is 24.3 Å². The van der Waals surface area contributed by atoms with Crippen LogP contribution < -0.4 is 5.32 Å². The van der Waals surface area contributed by atoms with E-state index in [-0.39, 0.29) is 5.82 Å². The molecule has 2 bridgehead atoms. The molecule has 1 aromatic rings. The summed E-state index contributed by atoms with van der Waals surface area (Å²) >= 11 is 5.73. The molecule has 1 aromatic carbocycles. The van der Waals surface area contributed by atoms with Gasteiger partial charge >= 0.3 is 0 Å². The first-order valence-electron chi connectivity index (χ1n) is 6.41. The molecule has 0 saturated heterocycles. The van der Waals surface area contributed by atoms with Gasteiger partial charge in [0, 0.05) is 11.6 Å². The van der Waals surface area contributed by atoms with Crippen molar-refractivity contribution in [3.63, 3.8) is 0 Å². The van der Waals surface area contributed by atoms with Crippen molar-refractivity contribution in [2.45, 2.75) is 25.7 Å². The average molecular weight is 254 g/mol. The van der Waals surface area contributed by atoms with Gasteiger partial charge in [-0.1, -0.05) is 18.0 Å². The van der Waals surface area contributed by atoms with Gasteiger partial charge in [-0.25, -0.2) is 4.39 Å². The molecule has 2 aliphatic rings. The Bertz CT molecular complexity index is 421. The molecule has 2 fully saturated rings. The van der Waals surface area contributed by atoms with E-state index in [1.807, 2.05) is 0 Å². The van der Waals surface area contributed by atoms with Crippen molar-refractivity contribution in [2.75, 3.05) is 11.9 Å². The first-order chi connectivity index (χ1) is 8.22. The number of rotatable bonds is 3. The van der Waals surface area contributed by atoms with Gasteiger partial charge in [-0.3, -0.25) is 0 Å². The van der Waals surface area contributed by atoms with E-state index < -0.39 is 0 Å². The highest BCUT2D eigenvalue weighted by atomic mass is 35.5. The maximum absolute atomic E-state index is 13.6. The third-order valence-electron chi connectivity index (χ3n) is 4.37. The Morgan fingerprint density at radius 3 is 2.82 bits per heavy atom. The van der Waals surface area contributed by atoms with Gasteiger partial charge in [0.2, 0.25) is 0 Å². The van der Waals surface area contributed by atoms with Crippen LogP contribution in [0.1, 0.15) is 25.7 Å². The number of hydrogen-bond acceptors (Lipinski definition) is 1. The summed E-state index contributed by atoms with van der Waals surface area (Å²) in [6, 6.07) is 4.82. The van der Waals surface area contributed by atoms with Crippen molar-refractivity contribution < 1.29 is 4.39 Å². The number of benzene rings is 1. The minimum absolute atomic E-state index is 0.249. The highest BCUT2D eigenvalue weighted by Crippen LogP contribution is 2.48. The molecule has 1 N–H and O–H groups in total. The largest absolute Gasteiger partial charge is 0.382 e. The lowest BCUT2D eigenvalue weighted by Gasteiger charge is -2.22. The Morgan fingerprint density at radius 1 is 1.29 bits per heavy atom. The van der Waals surface area contributed by atoms with Crippen molar-refractivity contribution in [1.82, 2.24) is 0 Å². The zero-order valence-electron chi connectivity index (χ0n) is 9.76. The van der Waals surface area contributed by atoms with Crippen LogP contribution >= 0.6 is 11.6 Å². The summed E-state index contributed by atoms with van der Waals surface area (Å²) in [7, 11) is 0. The summed E-state index contributed by atoms with van der Waals surface area (Å²) in [6.45, 7) is 0.902. The van der Waals surface area contributed by atoms with Gasteiger partial charge in [0.15, 0.2) is 0 Å². The van der Waals surface area contributed by atoms with Gasteiger partial charge in [-0.15, -0.1) is 0 Å². The molecule has 0 amide bonds. The summed E-state index contributed by atoms with van der Waals surface area (Å²) in [4.78, 5) is 0. The minimum atomic E-state index is -0.249. The molecule has 1 nitrogen and oxygen atoms in total. The normalized spacial score (nSPS) is 30.8. The topological polar surface area (TPSA) is 12.0 Å². The SMILES string of the molecule is Fc1cc(Cl)ccc1NCC1CC2CCC1C2. The van der Waals surface area contributed by atoms with E-state index in [9.17, 15) is 4.39 Å². The van der Waals surface area contributed by atoms with Crippen molar-refractivity contribution >= 4 is 17.3 Å². The van der Waals surface area contributed by atoms with Gasteiger partial charge in [0.05, 0.1) is 5.69 Å². The van der Waals surface area contributed by atoms with Gasteiger partial charge in [0.25, 0.3) is 0 Å². The maximum Gasteiger partial charge on any atom is 0.147 e. The number of halogens is 2. The summed E-state index contributed by atoms with van der Waals surface area (Å²) in [5.74, 6) is 2.31. The molecule has 0 spiro atoms. The van der Waals surface area contributed by atoms with Crippen LogP contribution in [0.4, 0.5) is 10.1 Å². The maximum atomic E-state index is 13.6. The zero-order chi connectivity index (χ0) is 11.8. The summed E-state index contributed by atoms with van der Waals surface area (Å²) in [5.41, 5.74) is 0.581. The van der Waals surface area contributed by atoms with E-state index in [2.05, 4.69) is 5.32 Å². The Kier molecular flexibility index (Phi) is 2.99. The molecule has 3 heteroatoms. The molecule has 2 aliphatic carbocycles. The molecular formula is C14H17ClFN. The molecule has 0 heterocycles. The third kappa shape index (κ3) is 2.28. The second-order valence-corrected chi connectivity index (χ2v) is 5.88. The fourth-order valence-electron chi connectivity index (χ4n) is 3.50. The van der Waals surface area contributed by atoms with Crippen molar-refractivity contribution in [1.29, 1.82) is 0 Å². The number of hydrogen-bond donors (Lipinski definition) is 1. The van der Waals surface area contributed by atoms with Crippen LogP contribution in [0.15, 0.2) is 18.2 Å². The summed E-state index contributed by atoms with van der Waals surface area (Å²) in [6.07, 6.45) is 5.51. The molecule has 0 radical (unpaired) electrons. The van der Waals surface area contributed by atoms with Crippen LogP contribution in [0, 0.1) is 23.6 Å². The van der Waals surface area contributed by atoms with Crippen molar-refractivity contribution in [3.05, 3.63) is 29.0 Å². The van der Waals surface area contributed by atoms with Crippen LogP contribution in [0.3, 0.4) is 0 Å². The Balaban J connectivity index is 1.60. The standard InChI is InChI=1S/C14H17ClFN/c15-12-3-4-14(13(16)7-12)17-8-11-6-9-1-2-10(11)5-9/h3-4,7,9-11,17H,1-2,5-6,8H2. The first-order valence-corrected chi connectivity index (χ1v) is 6.79.